The average Bonchev–Trinajstić information content (AvgIpc) is 2.65. The maximum atomic E-state index is 11.4. The summed E-state index contributed by atoms with van der Waals surface area (Å²) < 4.78 is 0. The molecule has 0 aromatic carbocycles. The first-order valence-electron chi connectivity index (χ1n) is 5.45. The van der Waals surface area contributed by atoms with Gasteiger partial charge in [0.1, 0.15) is 0 Å². The number of aliphatic hydroxyl groups is 1. The van der Waals surface area contributed by atoms with E-state index in [-0.39, 0.29) is 18.6 Å². The Bertz CT molecular complexity index is 290. The molecule has 6 nitrogen and oxygen atoms in total. The highest BCUT2D eigenvalue weighted by molar-refractivity contribution is 7.99. The van der Waals surface area contributed by atoms with Gasteiger partial charge in [0, 0.05) is 18.3 Å². The van der Waals surface area contributed by atoms with Crippen molar-refractivity contribution in [3.63, 3.8) is 0 Å². The van der Waals surface area contributed by atoms with Crippen molar-refractivity contribution < 1.29 is 19.8 Å². The lowest BCUT2D eigenvalue weighted by Crippen LogP contribution is -2.48. The quantitative estimate of drug-likeness (QED) is 0.560. The predicted molar refractivity (Wildman–Crippen MR) is 65.1 cm³/mol. The number of thioether (sulfide) groups is 1. The van der Waals surface area contributed by atoms with E-state index < -0.39 is 18.0 Å². The van der Waals surface area contributed by atoms with Gasteiger partial charge in [0.05, 0.1) is 12.0 Å². The zero-order valence-corrected chi connectivity index (χ0v) is 10.5. The number of carboxylic acid groups (broad SMARTS) is 1. The zero-order chi connectivity index (χ0) is 12.9. The first-order valence-corrected chi connectivity index (χ1v) is 6.61. The second kappa shape index (κ2) is 6.11. The van der Waals surface area contributed by atoms with E-state index in [4.69, 9.17) is 5.11 Å². The molecule has 0 saturated carbocycles. The molecule has 0 spiro atoms. The summed E-state index contributed by atoms with van der Waals surface area (Å²) in [7, 11) is 0. The number of hydrogen-bond donors (Lipinski definition) is 4. The topological polar surface area (TPSA) is 98.7 Å². The SMILES string of the molecule is CC(O)(CNC(=O)NC1CCSC1)CC(=O)O. The Kier molecular flexibility index (Phi) is 5.07. The first-order chi connectivity index (χ1) is 7.89. The number of carbonyl (C=O) groups excluding carboxylic acids is 1. The molecule has 2 unspecified atom stereocenters. The summed E-state index contributed by atoms with van der Waals surface area (Å²) in [6, 6.07) is -0.187. The molecule has 0 radical (unpaired) electrons. The van der Waals surface area contributed by atoms with E-state index in [0.717, 1.165) is 17.9 Å². The molecule has 0 aromatic heterocycles. The second-order valence-electron chi connectivity index (χ2n) is 4.45. The van der Waals surface area contributed by atoms with Gasteiger partial charge in [-0.1, -0.05) is 0 Å². The van der Waals surface area contributed by atoms with Crippen LogP contribution in [-0.2, 0) is 4.79 Å². The van der Waals surface area contributed by atoms with Crippen LogP contribution in [0.4, 0.5) is 4.79 Å². The molecular formula is C10H18N2O4S. The van der Waals surface area contributed by atoms with Crippen molar-refractivity contribution in [2.45, 2.75) is 31.4 Å². The van der Waals surface area contributed by atoms with Crippen molar-refractivity contribution in [2.24, 2.45) is 0 Å². The van der Waals surface area contributed by atoms with Crippen LogP contribution in [0.2, 0.25) is 0 Å². The monoisotopic (exact) mass is 262 g/mol. The van der Waals surface area contributed by atoms with Crippen LogP contribution in [0.1, 0.15) is 19.8 Å². The van der Waals surface area contributed by atoms with E-state index in [1.54, 1.807) is 11.8 Å². The van der Waals surface area contributed by atoms with Crippen molar-refractivity contribution in [3.8, 4) is 0 Å². The van der Waals surface area contributed by atoms with Gasteiger partial charge < -0.3 is 20.8 Å². The van der Waals surface area contributed by atoms with Crippen molar-refractivity contribution in [1.29, 1.82) is 0 Å². The molecule has 1 aliphatic rings. The predicted octanol–water partition coefficient (Wildman–Crippen LogP) is 0.0168. The summed E-state index contributed by atoms with van der Waals surface area (Å²) in [4.78, 5) is 21.9. The van der Waals surface area contributed by atoms with Crippen LogP contribution in [0.3, 0.4) is 0 Å². The third-order valence-corrected chi connectivity index (χ3v) is 3.59. The lowest BCUT2D eigenvalue weighted by Gasteiger charge is -2.22. The molecule has 0 aromatic rings. The fourth-order valence-electron chi connectivity index (χ4n) is 1.54. The lowest BCUT2D eigenvalue weighted by molar-refractivity contribution is -0.141. The van der Waals surface area contributed by atoms with Crippen molar-refractivity contribution in [2.75, 3.05) is 18.1 Å². The molecule has 7 heteroatoms. The Morgan fingerprint density at radius 3 is 2.76 bits per heavy atom. The third kappa shape index (κ3) is 5.78. The molecule has 17 heavy (non-hydrogen) atoms. The molecule has 98 valence electrons. The van der Waals surface area contributed by atoms with Crippen molar-refractivity contribution >= 4 is 23.8 Å². The number of hydrogen-bond acceptors (Lipinski definition) is 4. The smallest absolute Gasteiger partial charge is 0.315 e. The average molecular weight is 262 g/mol. The van der Waals surface area contributed by atoms with Gasteiger partial charge in [-0.05, 0) is 19.1 Å². The number of carbonyl (C=O) groups is 2. The van der Waals surface area contributed by atoms with Crippen LogP contribution in [0.15, 0.2) is 0 Å². The maximum absolute atomic E-state index is 11.4. The highest BCUT2D eigenvalue weighted by Gasteiger charge is 2.25. The van der Waals surface area contributed by atoms with Crippen LogP contribution >= 0.6 is 11.8 Å². The number of amides is 2. The largest absolute Gasteiger partial charge is 0.481 e. The lowest BCUT2D eigenvalue weighted by atomic mass is 10.0. The second-order valence-corrected chi connectivity index (χ2v) is 5.60. The molecule has 0 aliphatic carbocycles. The number of urea groups is 1. The molecule has 1 saturated heterocycles. The molecule has 4 N–H and O–H groups in total. The minimum absolute atomic E-state index is 0.0784. The highest BCUT2D eigenvalue weighted by Crippen LogP contribution is 2.16. The Labute approximate surface area is 104 Å². The molecule has 2 amide bonds. The number of carboxylic acids is 1. The summed E-state index contributed by atoms with van der Waals surface area (Å²) in [5.41, 5.74) is -1.42. The van der Waals surface area contributed by atoms with Crippen LogP contribution in [0.5, 0.6) is 0 Å². The van der Waals surface area contributed by atoms with E-state index in [9.17, 15) is 14.7 Å². The Balaban J connectivity index is 2.24. The summed E-state index contributed by atoms with van der Waals surface area (Å²) in [6.45, 7) is 1.30. The number of rotatable bonds is 5. The Morgan fingerprint density at radius 2 is 2.24 bits per heavy atom. The van der Waals surface area contributed by atoms with E-state index in [1.165, 1.54) is 6.92 Å². The standard InChI is InChI=1S/C10H18N2O4S/c1-10(16,4-8(13)14)6-11-9(15)12-7-2-3-17-5-7/h7,16H,2-6H2,1H3,(H,13,14)(H2,11,12,15). The fraction of sp³-hybridized carbons (Fsp3) is 0.800. The van der Waals surface area contributed by atoms with Crippen LogP contribution < -0.4 is 10.6 Å². The minimum atomic E-state index is -1.42. The van der Waals surface area contributed by atoms with Gasteiger partial charge in [0.15, 0.2) is 0 Å². The summed E-state index contributed by atoms with van der Waals surface area (Å²) >= 11 is 1.79. The molecule has 1 aliphatic heterocycles. The number of nitrogens with one attached hydrogen (secondary N) is 2. The van der Waals surface area contributed by atoms with E-state index in [1.807, 2.05) is 0 Å². The highest BCUT2D eigenvalue weighted by atomic mass is 32.2. The molecule has 2 atom stereocenters. The maximum Gasteiger partial charge on any atom is 0.315 e. The van der Waals surface area contributed by atoms with Gasteiger partial charge in [0.2, 0.25) is 0 Å². The normalized spacial score (nSPS) is 22.8. The number of aliphatic carboxylic acids is 1. The summed E-state index contributed by atoms with van der Waals surface area (Å²) in [5.74, 6) is 0.852. The first kappa shape index (κ1) is 14.1. The van der Waals surface area contributed by atoms with Crippen molar-refractivity contribution in [3.05, 3.63) is 0 Å². The van der Waals surface area contributed by atoms with Crippen molar-refractivity contribution in [1.82, 2.24) is 10.6 Å². The molecular weight excluding hydrogens is 244 g/mol. The van der Waals surface area contributed by atoms with Crippen LogP contribution in [0, 0.1) is 0 Å². The van der Waals surface area contributed by atoms with E-state index >= 15 is 0 Å². The van der Waals surface area contributed by atoms with Gasteiger partial charge in [-0.25, -0.2) is 4.79 Å². The molecule has 1 heterocycles. The zero-order valence-electron chi connectivity index (χ0n) is 9.73. The molecule has 1 fully saturated rings. The van der Waals surface area contributed by atoms with Crippen LogP contribution in [-0.4, -0.2) is 51.9 Å². The Hall–Kier alpha value is -0.950. The molecule has 1 rings (SSSR count). The van der Waals surface area contributed by atoms with Crippen LogP contribution in [0.25, 0.3) is 0 Å². The minimum Gasteiger partial charge on any atom is -0.481 e. The molecule has 0 bridgehead atoms. The summed E-state index contributed by atoms with van der Waals surface area (Å²) in [5, 5.41) is 23.5. The van der Waals surface area contributed by atoms with Gasteiger partial charge in [-0.3, -0.25) is 4.79 Å². The van der Waals surface area contributed by atoms with Gasteiger partial charge in [-0.15, -0.1) is 0 Å². The van der Waals surface area contributed by atoms with Gasteiger partial charge >= 0.3 is 12.0 Å². The van der Waals surface area contributed by atoms with E-state index in [0.29, 0.717) is 0 Å². The van der Waals surface area contributed by atoms with Gasteiger partial charge in [-0.2, -0.15) is 11.8 Å². The summed E-state index contributed by atoms with van der Waals surface area (Å²) in [6.07, 6.45) is 0.552. The Morgan fingerprint density at radius 1 is 1.53 bits per heavy atom. The fourth-order valence-corrected chi connectivity index (χ4v) is 2.70. The third-order valence-electron chi connectivity index (χ3n) is 2.43. The van der Waals surface area contributed by atoms with E-state index in [2.05, 4.69) is 10.6 Å². The van der Waals surface area contributed by atoms with Gasteiger partial charge in [0.25, 0.3) is 0 Å².